The molecular weight excluding hydrogens is 168 g/mol. The van der Waals surface area contributed by atoms with E-state index in [0.717, 1.165) is 0 Å². The maximum Gasteiger partial charge on any atom is 0.151 e. The minimum absolute atomic E-state index is 0.171. The van der Waals surface area contributed by atoms with Crippen LogP contribution in [0.15, 0.2) is 0 Å². The molecule has 4 nitrogen and oxygen atoms in total. The lowest BCUT2D eigenvalue weighted by atomic mass is 10.1. The van der Waals surface area contributed by atoms with Gasteiger partial charge in [0.15, 0.2) is 6.29 Å². The maximum absolute atomic E-state index is 9.93. The van der Waals surface area contributed by atoms with Crippen molar-refractivity contribution in [1.82, 2.24) is 0 Å². The summed E-state index contributed by atoms with van der Waals surface area (Å²) in [5, 5.41) is 26.3. The van der Waals surface area contributed by atoms with Crippen molar-refractivity contribution in [3.63, 3.8) is 0 Å². The van der Waals surface area contributed by atoms with E-state index in [1.54, 1.807) is 6.92 Å². The van der Waals surface area contributed by atoms with Crippen LogP contribution in [0.2, 0.25) is 0 Å². The van der Waals surface area contributed by atoms with Gasteiger partial charge in [0, 0.05) is 5.25 Å². The average molecular weight is 180 g/mol. The van der Waals surface area contributed by atoms with Gasteiger partial charge in [-0.05, 0) is 0 Å². The minimum Gasteiger partial charge on any atom is -0.389 e. The monoisotopic (exact) mass is 180 g/mol. The SMILES string of the molecule is CC(S)[C@@H](O)[C@@H](O)[C@@H](O)C=O. The Labute approximate surface area is 70.3 Å². The lowest BCUT2D eigenvalue weighted by molar-refractivity contribution is -0.125. The van der Waals surface area contributed by atoms with E-state index in [1.165, 1.54) is 0 Å². The Balaban J connectivity index is 4.00. The Morgan fingerprint density at radius 2 is 1.73 bits per heavy atom. The van der Waals surface area contributed by atoms with Gasteiger partial charge < -0.3 is 20.1 Å². The maximum atomic E-state index is 9.93. The van der Waals surface area contributed by atoms with Crippen LogP contribution < -0.4 is 0 Å². The molecule has 5 heteroatoms. The standard InChI is InChI=1S/C6H12O4S/c1-3(11)5(9)6(10)4(8)2-7/h2-6,8-11H,1H3/t3?,4-,5+,6-/m0/s1. The molecule has 0 aliphatic carbocycles. The van der Waals surface area contributed by atoms with Crippen molar-refractivity contribution in [2.45, 2.75) is 30.5 Å². The topological polar surface area (TPSA) is 77.8 Å². The molecule has 0 bridgehead atoms. The molecule has 3 N–H and O–H groups in total. The Morgan fingerprint density at radius 1 is 1.27 bits per heavy atom. The summed E-state index contributed by atoms with van der Waals surface area (Å²) in [4.78, 5) is 9.93. The van der Waals surface area contributed by atoms with E-state index in [1.807, 2.05) is 0 Å². The van der Waals surface area contributed by atoms with E-state index in [2.05, 4.69) is 12.6 Å². The van der Waals surface area contributed by atoms with Gasteiger partial charge in [-0.25, -0.2) is 0 Å². The first-order valence-corrected chi connectivity index (χ1v) is 3.70. The third kappa shape index (κ3) is 3.20. The molecule has 0 aromatic rings. The van der Waals surface area contributed by atoms with Crippen LogP contribution in [0.5, 0.6) is 0 Å². The van der Waals surface area contributed by atoms with E-state index in [9.17, 15) is 4.79 Å². The van der Waals surface area contributed by atoms with Gasteiger partial charge in [0.2, 0.25) is 0 Å². The van der Waals surface area contributed by atoms with Crippen molar-refractivity contribution < 1.29 is 20.1 Å². The van der Waals surface area contributed by atoms with E-state index in [-0.39, 0.29) is 6.29 Å². The molecule has 0 aromatic heterocycles. The Kier molecular flexibility index (Phi) is 4.67. The van der Waals surface area contributed by atoms with Crippen LogP contribution in [0.4, 0.5) is 0 Å². The van der Waals surface area contributed by atoms with Gasteiger partial charge >= 0.3 is 0 Å². The third-order valence-electron chi connectivity index (χ3n) is 1.33. The molecule has 0 heterocycles. The van der Waals surface area contributed by atoms with Gasteiger partial charge in [-0.15, -0.1) is 0 Å². The van der Waals surface area contributed by atoms with Crippen LogP contribution in [0.25, 0.3) is 0 Å². The Hall–Kier alpha value is -0.100. The molecule has 0 spiro atoms. The molecule has 0 saturated carbocycles. The summed E-state index contributed by atoms with van der Waals surface area (Å²) in [5.41, 5.74) is 0. The molecule has 0 radical (unpaired) electrons. The van der Waals surface area contributed by atoms with Crippen LogP contribution in [0, 0.1) is 0 Å². The fourth-order valence-electron chi connectivity index (χ4n) is 0.568. The molecule has 0 fully saturated rings. The van der Waals surface area contributed by atoms with Crippen LogP contribution in [-0.2, 0) is 4.79 Å². The first-order chi connectivity index (χ1) is 5.00. The van der Waals surface area contributed by atoms with Gasteiger partial charge in [-0.1, -0.05) is 6.92 Å². The summed E-state index contributed by atoms with van der Waals surface area (Å²) in [6.07, 6.45) is -4.03. The number of rotatable bonds is 4. The summed E-state index contributed by atoms with van der Waals surface area (Å²) in [6.45, 7) is 1.55. The van der Waals surface area contributed by atoms with Crippen molar-refractivity contribution in [3.8, 4) is 0 Å². The highest BCUT2D eigenvalue weighted by atomic mass is 32.1. The number of aliphatic hydroxyl groups excluding tert-OH is 3. The molecule has 0 saturated heterocycles. The molecular formula is C6H12O4S. The number of thiol groups is 1. The van der Waals surface area contributed by atoms with Crippen molar-refractivity contribution >= 4 is 18.9 Å². The number of carbonyl (C=O) groups excluding carboxylic acids is 1. The van der Waals surface area contributed by atoms with Crippen LogP contribution in [0.1, 0.15) is 6.92 Å². The zero-order valence-corrected chi connectivity index (χ0v) is 6.98. The van der Waals surface area contributed by atoms with Gasteiger partial charge in [0.1, 0.15) is 12.2 Å². The number of hydrogen-bond acceptors (Lipinski definition) is 5. The fourth-order valence-corrected chi connectivity index (χ4v) is 0.744. The third-order valence-corrected chi connectivity index (χ3v) is 1.64. The molecule has 1 unspecified atom stereocenters. The molecule has 0 aromatic carbocycles. The summed E-state index contributed by atoms with van der Waals surface area (Å²) < 4.78 is 0. The molecule has 4 atom stereocenters. The van der Waals surface area contributed by atoms with Crippen molar-refractivity contribution in [2.75, 3.05) is 0 Å². The molecule has 0 aliphatic rings. The van der Waals surface area contributed by atoms with Crippen molar-refractivity contribution in [2.24, 2.45) is 0 Å². The summed E-state index contributed by atoms with van der Waals surface area (Å²) in [7, 11) is 0. The summed E-state index contributed by atoms with van der Waals surface area (Å²) in [6, 6.07) is 0. The number of carbonyl (C=O) groups is 1. The highest BCUT2D eigenvalue weighted by Crippen LogP contribution is 2.07. The first-order valence-electron chi connectivity index (χ1n) is 3.18. The average Bonchev–Trinajstić information content (AvgIpc) is 2.00. The molecule has 0 aliphatic heterocycles. The van der Waals surface area contributed by atoms with Gasteiger partial charge in [-0.2, -0.15) is 12.6 Å². The van der Waals surface area contributed by atoms with E-state index in [0.29, 0.717) is 0 Å². The van der Waals surface area contributed by atoms with E-state index in [4.69, 9.17) is 15.3 Å². The zero-order valence-electron chi connectivity index (χ0n) is 6.08. The number of aliphatic hydroxyl groups is 3. The lowest BCUT2D eigenvalue weighted by Crippen LogP contribution is -2.42. The van der Waals surface area contributed by atoms with E-state index >= 15 is 0 Å². The number of hydrogen-bond donors (Lipinski definition) is 4. The lowest BCUT2D eigenvalue weighted by Gasteiger charge is -2.21. The highest BCUT2D eigenvalue weighted by molar-refractivity contribution is 7.81. The van der Waals surface area contributed by atoms with Gasteiger partial charge in [0.25, 0.3) is 0 Å². The number of aldehydes is 1. The van der Waals surface area contributed by atoms with Gasteiger partial charge in [0.05, 0.1) is 6.10 Å². The summed E-state index contributed by atoms with van der Waals surface area (Å²) in [5.74, 6) is 0. The quantitative estimate of drug-likeness (QED) is 0.316. The predicted molar refractivity (Wildman–Crippen MR) is 42.5 cm³/mol. The second-order valence-corrected chi connectivity index (χ2v) is 3.16. The van der Waals surface area contributed by atoms with Crippen molar-refractivity contribution in [3.05, 3.63) is 0 Å². The fraction of sp³-hybridized carbons (Fsp3) is 0.833. The molecule has 0 rings (SSSR count). The van der Waals surface area contributed by atoms with Crippen LogP contribution >= 0.6 is 12.6 Å². The zero-order chi connectivity index (χ0) is 9.02. The minimum atomic E-state index is -1.54. The van der Waals surface area contributed by atoms with Crippen LogP contribution in [0.3, 0.4) is 0 Å². The smallest absolute Gasteiger partial charge is 0.151 e. The van der Waals surface area contributed by atoms with Crippen LogP contribution in [-0.4, -0.2) is 45.2 Å². The molecule has 0 amide bonds. The summed E-state index contributed by atoms with van der Waals surface area (Å²) >= 11 is 3.83. The Bertz CT molecular complexity index is 128. The predicted octanol–water partition coefficient (Wildman–Crippen LogP) is -1.41. The van der Waals surface area contributed by atoms with Crippen molar-refractivity contribution in [1.29, 1.82) is 0 Å². The Morgan fingerprint density at radius 3 is 2.00 bits per heavy atom. The van der Waals surface area contributed by atoms with E-state index < -0.39 is 23.6 Å². The first kappa shape index (κ1) is 10.9. The second kappa shape index (κ2) is 4.71. The normalized spacial score (nSPS) is 21.9. The molecule has 11 heavy (non-hydrogen) atoms. The highest BCUT2D eigenvalue weighted by Gasteiger charge is 2.26. The largest absolute Gasteiger partial charge is 0.389 e. The second-order valence-electron chi connectivity index (χ2n) is 2.35. The van der Waals surface area contributed by atoms with Gasteiger partial charge in [-0.3, -0.25) is 0 Å². The molecule has 66 valence electrons.